The molecule has 0 aliphatic carbocycles. The molecule has 4 atom stereocenters. The van der Waals surface area contributed by atoms with Crippen molar-refractivity contribution in [3.63, 3.8) is 0 Å². The van der Waals surface area contributed by atoms with E-state index in [1.54, 1.807) is 36.0 Å². The van der Waals surface area contributed by atoms with E-state index >= 15 is 0 Å². The normalized spacial score (nSPS) is 19.9. The van der Waals surface area contributed by atoms with Gasteiger partial charge in [0.15, 0.2) is 6.29 Å². The maximum atomic E-state index is 13.0. The number of aliphatic hydroxyl groups excluding tert-OH is 1. The number of thioether (sulfide) groups is 1. The Balaban J connectivity index is 1.12. The molecule has 0 bridgehead atoms. The van der Waals surface area contributed by atoms with Crippen molar-refractivity contribution in [2.45, 2.75) is 50.4 Å². The zero-order chi connectivity index (χ0) is 35.5. The van der Waals surface area contributed by atoms with Crippen molar-refractivity contribution in [1.82, 2.24) is 4.90 Å². The predicted molar refractivity (Wildman–Crippen MR) is 197 cm³/mol. The molecule has 7 rings (SSSR count). The number of rotatable bonds is 10. The van der Waals surface area contributed by atoms with Gasteiger partial charge in [0, 0.05) is 34.7 Å². The Labute approximate surface area is 301 Å². The number of hydrogen-bond donors (Lipinski definition) is 2. The van der Waals surface area contributed by atoms with Crippen LogP contribution in [0.15, 0.2) is 126 Å². The summed E-state index contributed by atoms with van der Waals surface area (Å²) in [7, 11) is 0. The molecule has 0 unspecified atom stereocenters. The number of fused-ring (bicyclic) bond motifs is 1. The number of anilines is 1. The predicted octanol–water partition coefficient (Wildman–Crippen LogP) is 8.18. The van der Waals surface area contributed by atoms with E-state index in [0.29, 0.717) is 16.9 Å². The van der Waals surface area contributed by atoms with E-state index < -0.39 is 6.29 Å². The lowest BCUT2D eigenvalue weighted by Gasteiger charge is -2.41. The highest BCUT2D eigenvalue weighted by Crippen LogP contribution is 2.43. The lowest BCUT2D eigenvalue weighted by Crippen LogP contribution is -2.38. The Kier molecular flexibility index (Phi) is 10.1. The van der Waals surface area contributed by atoms with Gasteiger partial charge in [0.2, 0.25) is 5.91 Å². The van der Waals surface area contributed by atoms with Crippen LogP contribution in [0.1, 0.15) is 69.2 Å². The summed E-state index contributed by atoms with van der Waals surface area (Å²) in [5.74, 6) is 0.0420. The number of carbonyl (C=O) groups is 3. The molecule has 5 aromatic carbocycles. The van der Waals surface area contributed by atoms with Gasteiger partial charge in [0.05, 0.1) is 36.5 Å². The number of nitrogens with one attached hydrogen (secondary N) is 1. The van der Waals surface area contributed by atoms with Gasteiger partial charge in [0.25, 0.3) is 11.8 Å². The molecule has 1 fully saturated rings. The third-order valence-electron chi connectivity index (χ3n) is 9.35. The molecule has 0 saturated carbocycles. The Bertz CT molecular complexity index is 2030. The lowest BCUT2D eigenvalue weighted by molar-refractivity contribution is -0.268. The highest BCUT2D eigenvalue weighted by molar-refractivity contribution is 7.99. The van der Waals surface area contributed by atoms with Gasteiger partial charge in [-0.2, -0.15) is 0 Å². The first kappa shape index (κ1) is 34.4. The van der Waals surface area contributed by atoms with E-state index in [-0.39, 0.29) is 49.0 Å². The molecular formula is C42H38N2O6S. The Morgan fingerprint density at radius 3 is 2.10 bits per heavy atom. The average Bonchev–Trinajstić information content (AvgIpc) is 3.39. The van der Waals surface area contributed by atoms with Crippen LogP contribution >= 0.6 is 11.8 Å². The number of aliphatic hydroxyl groups is 1. The van der Waals surface area contributed by atoms with Crippen LogP contribution in [0.25, 0.3) is 11.1 Å². The van der Waals surface area contributed by atoms with Crippen LogP contribution < -0.4 is 5.32 Å². The molecular weight excluding hydrogens is 661 g/mol. The summed E-state index contributed by atoms with van der Waals surface area (Å²) in [6, 6.07) is 38.5. The second-order valence-corrected chi connectivity index (χ2v) is 14.0. The van der Waals surface area contributed by atoms with Gasteiger partial charge in [-0.05, 0) is 76.3 Å². The van der Waals surface area contributed by atoms with E-state index in [0.717, 1.165) is 44.0 Å². The van der Waals surface area contributed by atoms with Gasteiger partial charge < -0.3 is 19.9 Å². The van der Waals surface area contributed by atoms with Crippen LogP contribution in [0.2, 0.25) is 0 Å². The van der Waals surface area contributed by atoms with Crippen LogP contribution in [0.4, 0.5) is 5.69 Å². The number of amides is 3. The molecule has 2 aliphatic rings. The lowest BCUT2D eigenvalue weighted by atomic mass is 9.91. The minimum absolute atomic E-state index is 0.0226. The summed E-state index contributed by atoms with van der Waals surface area (Å²) in [6.07, 6.45) is -1.05. The molecule has 2 heterocycles. The SMILES string of the molecule is CC(=O)Nc1ccc(SC[C@H]2O[C@@H](c3cccc(-c4cccc(CN5C(=O)c6ccccc6C5=O)c4)c3)O[C@@H](c3ccc(CO)cc3)[C@H]2C)cc1. The number of hydrogen-bond acceptors (Lipinski definition) is 7. The van der Waals surface area contributed by atoms with Crippen molar-refractivity contribution in [3.8, 4) is 11.1 Å². The van der Waals surface area contributed by atoms with Crippen LogP contribution in [0, 0.1) is 5.92 Å². The molecule has 8 nitrogen and oxygen atoms in total. The minimum atomic E-state index is -0.641. The highest BCUT2D eigenvalue weighted by atomic mass is 32.2. The monoisotopic (exact) mass is 698 g/mol. The highest BCUT2D eigenvalue weighted by Gasteiger charge is 2.39. The third-order valence-corrected chi connectivity index (χ3v) is 10.5. The molecule has 51 heavy (non-hydrogen) atoms. The molecule has 9 heteroatoms. The third kappa shape index (κ3) is 7.52. The van der Waals surface area contributed by atoms with Crippen LogP contribution in [-0.4, -0.2) is 39.6 Å². The fourth-order valence-electron chi connectivity index (χ4n) is 6.61. The van der Waals surface area contributed by atoms with Crippen LogP contribution in [0.5, 0.6) is 0 Å². The Morgan fingerprint density at radius 2 is 1.43 bits per heavy atom. The van der Waals surface area contributed by atoms with Gasteiger partial charge in [-0.3, -0.25) is 19.3 Å². The van der Waals surface area contributed by atoms with Crippen molar-refractivity contribution < 1.29 is 29.0 Å². The molecule has 0 aromatic heterocycles. The molecule has 1 saturated heterocycles. The number of carbonyl (C=O) groups excluding carboxylic acids is 3. The van der Waals surface area contributed by atoms with E-state index in [1.807, 2.05) is 91.0 Å². The van der Waals surface area contributed by atoms with Gasteiger partial charge in [-0.15, -0.1) is 11.8 Å². The molecule has 258 valence electrons. The topological polar surface area (TPSA) is 105 Å². The second kappa shape index (κ2) is 15.0. The molecule has 2 aliphatic heterocycles. The van der Waals surface area contributed by atoms with Crippen molar-refractivity contribution >= 4 is 35.2 Å². The number of imide groups is 1. The molecule has 0 radical (unpaired) electrons. The second-order valence-electron chi connectivity index (χ2n) is 12.9. The minimum Gasteiger partial charge on any atom is -0.392 e. The first-order valence-corrected chi connectivity index (χ1v) is 17.9. The summed E-state index contributed by atoms with van der Waals surface area (Å²) in [5, 5.41) is 12.4. The Morgan fingerprint density at radius 1 is 0.765 bits per heavy atom. The summed E-state index contributed by atoms with van der Waals surface area (Å²) in [4.78, 5) is 39.9. The number of nitrogens with zero attached hydrogens (tertiary/aromatic N) is 1. The van der Waals surface area contributed by atoms with Gasteiger partial charge in [-0.1, -0.05) is 79.7 Å². The summed E-state index contributed by atoms with van der Waals surface area (Å²) in [6.45, 7) is 3.78. The smallest absolute Gasteiger partial charge is 0.261 e. The maximum absolute atomic E-state index is 13.0. The van der Waals surface area contributed by atoms with Crippen molar-refractivity contribution in [2.24, 2.45) is 5.92 Å². The van der Waals surface area contributed by atoms with Gasteiger partial charge in [0.1, 0.15) is 0 Å². The zero-order valence-corrected chi connectivity index (χ0v) is 29.1. The average molecular weight is 699 g/mol. The number of ether oxygens (including phenoxy) is 2. The van der Waals surface area contributed by atoms with E-state index in [9.17, 15) is 19.5 Å². The summed E-state index contributed by atoms with van der Waals surface area (Å²) in [5.41, 5.74) is 7.10. The molecule has 2 N–H and O–H groups in total. The first-order chi connectivity index (χ1) is 24.8. The fraction of sp³-hybridized carbons (Fsp3) is 0.214. The van der Waals surface area contributed by atoms with E-state index in [4.69, 9.17) is 9.47 Å². The zero-order valence-electron chi connectivity index (χ0n) is 28.3. The van der Waals surface area contributed by atoms with E-state index in [2.05, 4.69) is 18.3 Å². The van der Waals surface area contributed by atoms with Crippen LogP contribution in [0.3, 0.4) is 0 Å². The molecule has 3 amide bonds. The maximum Gasteiger partial charge on any atom is 0.261 e. The van der Waals surface area contributed by atoms with Crippen molar-refractivity contribution in [1.29, 1.82) is 0 Å². The van der Waals surface area contributed by atoms with Crippen LogP contribution in [-0.2, 0) is 27.4 Å². The largest absolute Gasteiger partial charge is 0.392 e. The molecule has 0 spiro atoms. The summed E-state index contributed by atoms with van der Waals surface area (Å²) < 4.78 is 13.4. The fourth-order valence-corrected chi connectivity index (χ4v) is 7.67. The summed E-state index contributed by atoms with van der Waals surface area (Å²) >= 11 is 1.69. The Hall–Kier alpha value is -5.06. The van der Waals surface area contributed by atoms with Gasteiger partial charge >= 0.3 is 0 Å². The number of benzene rings is 5. The van der Waals surface area contributed by atoms with Gasteiger partial charge in [-0.25, -0.2) is 0 Å². The van der Waals surface area contributed by atoms with Crippen molar-refractivity contribution in [2.75, 3.05) is 11.1 Å². The standard InChI is InChI=1S/C42H38N2O6S/c1-26-38(25-51-35-19-17-34(18-20-35)43-27(2)46)49-42(50-39(26)30-15-13-28(24-45)14-16-30)33-10-6-9-32(22-33)31-8-5-7-29(21-31)23-44-40(47)36-11-3-4-12-37(36)41(44)48/h3-22,26,38-39,42,45H,23-25H2,1-2H3,(H,43,46)/t26-,38+,39+,42+/m0/s1. The molecule has 5 aromatic rings. The first-order valence-electron chi connectivity index (χ1n) is 16.9. The quantitative estimate of drug-likeness (QED) is 0.112. The van der Waals surface area contributed by atoms with E-state index in [1.165, 1.54) is 11.8 Å². The van der Waals surface area contributed by atoms with Crippen molar-refractivity contribution in [3.05, 3.63) is 155 Å².